The molecule has 6 nitrogen and oxygen atoms in total. The number of imide groups is 1. The molecule has 1 aliphatic heterocycles. The molecule has 0 saturated carbocycles. The molecule has 1 heterocycles. The summed E-state index contributed by atoms with van der Waals surface area (Å²) in [6.45, 7) is 6.40. The Morgan fingerprint density at radius 1 is 1.27 bits per heavy atom. The predicted octanol–water partition coefficient (Wildman–Crippen LogP) is 2.02. The number of aryl methyl sites for hydroxylation is 1. The zero-order valence-electron chi connectivity index (χ0n) is 13.1. The van der Waals surface area contributed by atoms with Gasteiger partial charge in [0.05, 0.1) is 0 Å². The Balaban J connectivity index is 2.52. The normalized spacial score (nSPS) is 21.9. The first kappa shape index (κ1) is 16.0. The number of amides is 3. The van der Waals surface area contributed by atoms with Gasteiger partial charge in [0.1, 0.15) is 11.1 Å². The van der Waals surface area contributed by atoms with E-state index in [0.717, 1.165) is 10.5 Å². The summed E-state index contributed by atoms with van der Waals surface area (Å²) in [4.78, 5) is 37.4. The van der Waals surface area contributed by atoms with Crippen LogP contribution < -0.4 is 5.32 Å². The van der Waals surface area contributed by atoms with Gasteiger partial charge in [-0.15, -0.1) is 0 Å². The van der Waals surface area contributed by atoms with Crippen molar-refractivity contribution >= 4 is 17.9 Å². The van der Waals surface area contributed by atoms with E-state index in [0.29, 0.717) is 12.0 Å². The van der Waals surface area contributed by atoms with E-state index >= 15 is 0 Å². The topological polar surface area (TPSA) is 86.7 Å². The van der Waals surface area contributed by atoms with Crippen molar-refractivity contribution in [1.82, 2.24) is 10.2 Å². The van der Waals surface area contributed by atoms with Gasteiger partial charge >= 0.3 is 12.0 Å². The van der Waals surface area contributed by atoms with Crippen molar-refractivity contribution < 1.29 is 19.5 Å². The molecule has 6 heteroatoms. The first-order chi connectivity index (χ1) is 10.2. The van der Waals surface area contributed by atoms with Gasteiger partial charge in [-0.1, -0.05) is 36.8 Å². The molecular weight excluding hydrogens is 284 g/mol. The van der Waals surface area contributed by atoms with Crippen LogP contribution in [0.3, 0.4) is 0 Å². The number of nitrogens with one attached hydrogen (secondary N) is 1. The average Bonchev–Trinajstić information content (AvgIpc) is 2.71. The van der Waals surface area contributed by atoms with Gasteiger partial charge < -0.3 is 10.4 Å². The Morgan fingerprint density at radius 2 is 1.82 bits per heavy atom. The van der Waals surface area contributed by atoms with Crippen molar-refractivity contribution in [2.45, 2.75) is 45.2 Å². The number of carboxylic acids is 1. The number of carbonyl (C=O) groups is 3. The van der Waals surface area contributed by atoms with E-state index in [9.17, 15) is 19.5 Å². The second-order valence-corrected chi connectivity index (χ2v) is 6.06. The number of rotatable bonds is 4. The van der Waals surface area contributed by atoms with Gasteiger partial charge in [0.2, 0.25) is 0 Å². The molecule has 2 rings (SSSR count). The van der Waals surface area contributed by atoms with E-state index < -0.39 is 29.0 Å². The zero-order valence-corrected chi connectivity index (χ0v) is 13.1. The Bertz CT molecular complexity index is 636. The quantitative estimate of drug-likeness (QED) is 0.833. The van der Waals surface area contributed by atoms with Crippen LogP contribution in [0.15, 0.2) is 24.3 Å². The van der Waals surface area contributed by atoms with Gasteiger partial charge in [0.15, 0.2) is 0 Å². The largest absolute Gasteiger partial charge is 0.480 e. The SMILES string of the molecule is CCC1(c2ccc(C)cc2)NC(=O)N(C(C)(C)C(=O)O)C1=O. The van der Waals surface area contributed by atoms with Crippen molar-refractivity contribution in [1.29, 1.82) is 0 Å². The molecule has 22 heavy (non-hydrogen) atoms. The Kier molecular flexibility index (Phi) is 3.73. The minimum absolute atomic E-state index is 0.340. The molecule has 0 aromatic heterocycles. The number of benzene rings is 1. The predicted molar refractivity (Wildman–Crippen MR) is 80.2 cm³/mol. The van der Waals surface area contributed by atoms with E-state index in [-0.39, 0.29) is 0 Å². The van der Waals surface area contributed by atoms with Crippen molar-refractivity contribution in [2.75, 3.05) is 0 Å². The lowest BCUT2D eigenvalue weighted by Crippen LogP contribution is -2.54. The highest BCUT2D eigenvalue weighted by molar-refractivity contribution is 6.10. The number of hydrogen-bond donors (Lipinski definition) is 2. The molecule has 2 N–H and O–H groups in total. The molecule has 0 bridgehead atoms. The summed E-state index contributed by atoms with van der Waals surface area (Å²) >= 11 is 0. The monoisotopic (exact) mass is 304 g/mol. The summed E-state index contributed by atoms with van der Waals surface area (Å²) in [6, 6.07) is 6.61. The molecule has 0 aliphatic carbocycles. The summed E-state index contributed by atoms with van der Waals surface area (Å²) in [6.07, 6.45) is 0.340. The third-order valence-corrected chi connectivity index (χ3v) is 4.25. The maximum absolute atomic E-state index is 12.9. The van der Waals surface area contributed by atoms with Gasteiger partial charge in [0, 0.05) is 0 Å². The van der Waals surface area contributed by atoms with Crippen LogP contribution in [0.1, 0.15) is 38.3 Å². The smallest absolute Gasteiger partial charge is 0.329 e. The van der Waals surface area contributed by atoms with Crippen molar-refractivity contribution in [2.24, 2.45) is 0 Å². The third-order valence-electron chi connectivity index (χ3n) is 4.25. The van der Waals surface area contributed by atoms with Crippen molar-refractivity contribution in [3.63, 3.8) is 0 Å². The molecule has 1 unspecified atom stereocenters. The molecule has 118 valence electrons. The Labute approximate surface area is 129 Å². The Hall–Kier alpha value is -2.37. The van der Waals surface area contributed by atoms with E-state index in [4.69, 9.17) is 0 Å². The average molecular weight is 304 g/mol. The van der Waals surface area contributed by atoms with E-state index in [1.54, 1.807) is 19.1 Å². The van der Waals surface area contributed by atoms with Crippen LogP contribution in [-0.2, 0) is 15.1 Å². The number of carbonyl (C=O) groups excluding carboxylic acids is 2. The van der Waals surface area contributed by atoms with Gasteiger partial charge in [-0.25, -0.2) is 14.5 Å². The molecule has 3 amide bonds. The fraction of sp³-hybridized carbons (Fsp3) is 0.438. The summed E-state index contributed by atoms with van der Waals surface area (Å²) in [7, 11) is 0. The molecule has 1 aromatic carbocycles. The van der Waals surface area contributed by atoms with Crippen LogP contribution in [0.25, 0.3) is 0 Å². The van der Waals surface area contributed by atoms with Gasteiger partial charge in [-0.3, -0.25) is 4.79 Å². The number of hydrogen-bond acceptors (Lipinski definition) is 3. The first-order valence-corrected chi connectivity index (χ1v) is 7.14. The number of carboxylic acid groups (broad SMARTS) is 1. The number of urea groups is 1. The standard InChI is InChI=1S/C16H20N2O4/c1-5-16(11-8-6-10(2)7-9-11)12(19)18(14(22)17-16)15(3,4)13(20)21/h6-9H,5H2,1-4H3,(H,17,22)(H,20,21). The fourth-order valence-electron chi connectivity index (χ4n) is 2.66. The van der Waals surface area contributed by atoms with Crippen molar-refractivity contribution in [3.8, 4) is 0 Å². The number of aliphatic carboxylic acids is 1. The summed E-state index contributed by atoms with van der Waals surface area (Å²) in [5, 5.41) is 12.0. The van der Waals surface area contributed by atoms with Crippen LogP contribution in [0.5, 0.6) is 0 Å². The molecule has 1 atom stereocenters. The first-order valence-electron chi connectivity index (χ1n) is 7.14. The van der Waals surface area contributed by atoms with Crippen LogP contribution >= 0.6 is 0 Å². The van der Waals surface area contributed by atoms with Gasteiger partial charge in [-0.2, -0.15) is 0 Å². The maximum atomic E-state index is 12.9. The molecule has 1 aliphatic rings. The number of nitrogens with zero attached hydrogens (tertiary/aromatic N) is 1. The molecule has 1 saturated heterocycles. The third kappa shape index (κ3) is 2.15. The highest BCUT2D eigenvalue weighted by Crippen LogP contribution is 2.35. The van der Waals surface area contributed by atoms with Crippen LogP contribution in [0, 0.1) is 6.92 Å². The second-order valence-electron chi connectivity index (χ2n) is 6.06. The van der Waals surface area contributed by atoms with Gasteiger partial charge in [0.25, 0.3) is 5.91 Å². The van der Waals surface area contributed by atoms with Gasteiger partial charge in [-0.05, 0) is 32.8 Å². The van der Waals surface area contributed by atoms with Crippen LogP contribution in [-0.4, -0.2) is 33.5 Å². The lowest BCUT2D eigenvalue weighted by Gasteiger charge is -2.31. The molecular formula is C16H20N2O4. The van der Waals surface area contributed by atoms with E-state index in [1.807, 2.05) is 19.1 Å². The van der Waals surface area contributed by atoms with Crippen LogP contribution in [0.2, 0.25) is 0 Å². The highest BCUT2D eigenvalue weighted by Gasteiger charge is 2.57. The van der Waals surface area contributed by atoms with E-state index in [1.165, 1.54) is 13.8 Å². The summed E-state index contributed by atoms with van der Waals surface area (Å²) < 4.78 is 0. The molecule has 1 fully saturated rings. The second kappa shape index (κ2) is 5.12. The zero-order chi connectivity index (χ0) is 16.7. The minimum Gasteiger partial charge on any atom is -0.480 e. The lowest BCUT2D eigenvalue weighted by atomic mass is 9.86. The summed E-state index contributed by atoms with van der Waals surface area (Å²) in [5.41, 5.74) is -1.13. The minimum atomic E-state index is -1.61. The Morgan fingerprint density at radius 3 is 2.27 bits per heavy atom. The fourth-order valence-corrected chi connectivity index (χ4v) is 2.66. The molecule has 0 spiro atoms. The maximum Gasteiger partial charge on any atom is 0.329 e. The molecule has 1 aromatic rings. The van der Waals surface area contributed by atoms with E-state index in [2.05, 4.69) is 5.32 Å². The lowest BCUT2D eigenvalue weighted by molar-refractivity contribution is -0.153. The molecule has 0 radical (unpaired) electrons. The van der Waals surface area contributed by atoms with Crippen LogP contribution in [0.4, 0.5) is 4.79 Å². The highest BCUT2D eigenvalue weighted by atomic mass is 16.4. The summed E-state index contributed by atoms with van der Waals surface area (Å²) in [5.74, 6) is -1.76. The van der Waals surface area contributed by atoms with Crippen molar-refractivity contribution in [3.05, 3.63) is 35.4 Å².